The lowest BCUT2D eigenvalue weighted by Crippen LogP contribution is -2.43. The van der Waals surface area contributed by atoms with Gasteiger partial charge in [0, 0.05) is 44.0 Å². The van der Waals surface area contributed by atoms with Gasteiger partial charge in [-0.25, -0.2) is 0 Å². The van der Waals surface area contributed by atoms with Gasteiger partial charge in [0.25, 0.3) is 0 Å². The minimum absolute atomic E-state index is 0.145. The first-order valence-electron chi connectivity index (χ1n) is 5.28. The van der Waals surface area contributed by atoms with Crippen molar-refractivity contribution in [2.45, 2.75) is 0 Å². The Hall–Kier alpha value is -1.62. The summed E-state index contributed by atoms with van der Waals surface area (Å²) in [5.41, 5.74) is 0.869. The Morgan fingerprint density at radius 1 is 1.25 bits per heavy atom. The molecule has 1 fully saturated rings. The van der Waals surface area contributed by atoms with Crippen molar-refractivity contribution in [2.24, 2.45) is 0 Å². The molecule has 0 radical (unpaired) electrons. The highest BCUT2D eigenvalue weighted by atomic mass is 16.5. The van der Waals surface area contributed by atoms with Crippen molar-refractivity contribution < 1.29 is 14.9 Å². The van der Waals surface area contributed by atoms with Gasteiger partial charge in [-0.2, -0.15) is 0 Å². The van der Waals surface area contributed by atoms with Crippen molar-refractivity contribution in [3.8, 4) is 17.2 Å². The third-order valence-electron chi connectivity index (χ3n) is 2.74. The van der Waals surface area contributed by atoms with Crippen LogP contribution in [-0.4, -0.2) is 43.5 Å². The van der Waals surface area contributed by atoms with Gasteiger partial charge in [0.15, 0.2) is 11.5 Å². The molecule has 0 unspecified atom stereocenters. The van der Waals surface area contributed by atoms with Crippen LogP contribution in [-0.2, 0) is 0 Å². The van der Waals surface area contributed by atoms with E-state index in [1.165, 1.54) is 7.11 Å². The fourth-order valence-electron chi connectivity index (χ4n) is 1.84. The standard InChI is InChI=1S/C11H16N2O3/c1-16-10-7-8(6-9(14)11(10)15)13-4-2-12-3-5-13/h6-7,12,14-15H,2-5H2,1H3. The van der Waals surface area contributed by atoms with Gasteiger partial charge in [0.2, 0.25) is 5.75 Å². The van der Waals surface area contributed by atoms with Gasteiger partial charge < -0.3 is 25.2 Å². The molecule has 0 aromatic heterocycles. The molecule has 0 bridgehead atoms. The number of hydrogen-bond acceptors (Lipinski definition) is 5. The number of nitrogens with zero attached hydrogens (tertiary/aromatic N) is 1. The zero-order chi connectivity index (χ0) is 11.5. The average Bonchev–Trinajstić information content (AvgIpc) is 2.33. The Balaban J connectivity index is 2.29. The van der Waals surface area contributed by atoms with Crippen LogP contribution in [0.3, 0.4) is 0 Å². The first-order valence-corrected chi connectivity index (χ1v) is 5.28. The molecular formula is C11H16N2O3. The molecule has 5 nitrogen and oxygen atoms in total. The Morgan fingerprint density at radius 3 is 2.56 bits per heavy atom. The Bertz CT molecular complexity index is 376. The average molecular weight is 224 g/mol. The number of ether oxygens (including phenoxy) is 1. The lowest BCUT2D eigenvalue weighted by Gasteiger charge is -2.29. The van der Waals surface area contributed by atoms with Gasteiger partial charge in [0.05, 0.1) is 7.11 Å². The number of aromatic hydroxyl groups is 2. The van der Waals surface area contributed by atoms with Gasteiger partial charge >= 0.3 is 0 Å². The summed E-state index contributed by atoms with van der Waals surface area (Å²) in [5, 5.41) is 22.3. The molecule has 1 aromatic carbocycles. The van der Waals surface area contributed by atoms with E-state index in [9.17, 15) is 10.2 Å². The first-order chi connectivity index (χ1) is 7.72. The maximum absolute atomic E-state index is 9.57. The number of hydrogen-bond donors (Lipinski definition) is 3. The predicted octanol–water partition coefficient (Wildman–Crippen LogP) is 0.516. The Morgan fingerprint density at radius 2 is 1.94 bits per heavy atom. The number of benzene rings is 1. The van der Waals surface area contributed by atoms with Crippen molar-refractivity contribution in [1.29, 1.82) is 0 Å². The van der Waals surface area contributed by atoms with Gasteiger partial charge in [-0.3, -0.25) is 0 Å². The Kier molecular flexibility index (Phi) is 3.05. The highest BCUT2D eigenvalue weighted by Crippen LogP contribution is 2.39. The van der Waals surface area contributed by atoms with Gasteiger partial charge in [-0.15, -0.1) is 0 Å². The number of phenols is 2. The third kappa shape index (κ3) is 1.99. The van der Waals surface area contributed by atoms with Crippen LogP contribution >= 0.6 is 0 Å². The summed E-state index contributed by atoms with van der Waals surface area (Å²) in [7, 11) is 1.47. The van der Waals surface area contributed by atoms with Gasteiger partial charge in [-0.05, 0) is 0 Å². The van der Waals surface area contributed by atoms with Crippen molar-refractivity contribution >= 4 is 5.69 Å². The van der Waals surface area contributed by atoms with Crippen LogP contribution in [0.1, 0.15) is 0 Å². The molecule has 2 rings (SSSR count). The third-order valence-corrected chi connectivity index (χ3v) is 2.74. The second-order valence-corrected chi connectivity index (χ2v) is 3.75. The summed E-state index contributed by atoms with van der Waals surface area (Å²) < 4.78 is 5.00. The van der Waals surface area contributed by atoms with Crippen LogP contribution in [0.15, 0.2) is 12.1 Å². The minimum atomic E-state index is -0.207. The zero-order valence-corrected chi connectivity index (χ0v) is 9.23. The molecular weight excluding hydrogens is 208 g/mol. The van der Waals surface area contributed by atoms with Crippen LogP contribution in [0.5, 0.6) is 17.2 Å². The molecule has 0 atom stereocenters. The van der Waals surface area contributed by atoms with E-state index in [1.54, 1.807) is 12.1 Å². The molecule has 5 heteroatoms. The van der Waals surface area contributed by atoms with E-state index in [0.717, 1.165) is 31.9 Å². The van der Waals surface area contributed by atoms with E-state index >= 15 is 0 Å². The maximum Gasteiger partial charge on any atom is 0.200 e. The quantitative estimate of drug-likeness (QED) is 0.639. The summed E-state index contributed by atoms with van der Waals surface area (Å²) in [6.45, 7) is 3.61. The maximum atomic E-state index is 9.57. The lowest BCUT2D eigenvalue weighted by atomic mass is 10.2. The van der Waals surface area contributed by atoms with Crippen molar-refractivity contribution in [2.75, 3.05) is 38.2 Å². The molecule has 0 aliphatic carbocycles. The molecule has 88 valence electrons. The monoisotopic (exact) mass is 224 g/mol. The summed E-state index contributed by atoms with van der Waals surface area (Å²) in [4.78, 5) is 2.14. The summed E-state index contributed by atoms with van der Waals surface area (Å²) in [5.74, 6) is -0.0530. The van der Waals surface area contributed by atoms with E-state index < -0.39 is 0 Å². The second kappa shape index (κ2) is 4.49. The van der Waals surface area contributed by atoms with E-state index in [2.05, 4.69) is 10.2 Å². The molecule has 1 aliphatic rings. The smallest absolute Gasteiger partial charge is 0.200 e. The van der Waals surface area contributed by atoms with Gasteiger partial charge in [0.1, 0.15) is 0 Å². The van der Waals surface area contributed by atoms with Gasteiger partial charge in [-0.1, -0.05) is 0 Å². The topological polar surface area (TPSA) is 65.0 Å². The first kappa shape index (κ1) is 10.9. The molecule has 1 aliphatic heterocycles. The minimum Gasteiger partial charge on any atom is -0.504 e. The summed E-state index contributed by atoms with van der Waals surface area (Å²) in [6, 6.07) is 3.30. The van der Waals surface area contributed by atoms with Crippen molar-refractivity contribution in [3.63, 3.8) is 0 Å². The van der Waals surface area contributed by atoms with Crippen LogP contribution in [0, 0.1) is 0 Å². The molecule has 3 N–H and O–H groups in total. The highest BCUT2D eigenvalue weighted by molar-refractivity contribution is 5.62. The molecule has 0 spiro atoms. The number of phenolic OH excluding ortho intramolecular Hbond substituents is 2. The molecule has 0 saturated carbocycles. The largest absolute Gasteiger partial charge is 0.504 e. The van der Waals surface area contributed by atoms with E-state index in [4.69, 9.17) is 4.74 Å². The Labute approximate surface area is 94.3 Å². The SMILES string of the molecule is COc1cc(N2CCNCC2)cc(O)c1O. The van der Waals surface area contributed by atoms with Crippen LogP contribution < -0.4 is 15.0 Å². The van der Waals surface area contributed by atoms with Crippen LogP contribution in [0.25, 0.3) is 0 Å². The fraction of sp³-hybridized carbons (Fsp3) is 0.455. The van der Waals surface area contributed by atoms with Crippen LogP contribution in [0.4, 0.5) is 5.69 Å². The molecule has 16 heavy (non-hydrogen) atoms. The molecule has 0 amide bonds. The number of rotatable bonds is 2. The molecule has 1 saturated heterocycles. The van der Waals surface area contributed by atoms with E-state index in [1.807, 2.05) is 0 Å². The predicted molar refractivity (Wildman–Crippen MR) is 61.4 cm³/mol. The van der Waals surface area contributed by atoms with E-state index in [0.29, 0.717) is 5.75 Å². The normalized spacial score (nSPS) is 16.2. The van der Waals surface area contributed by atoms with Crippen molar-refractivity contribution in [1.82, 2.24) is 5.32 Å². The molecule has 1 aromatic rings. The fourth-order valence-corrected chi connectivity index (χ4v) is 1.84. The number of anilines is 1. The number of nitrogens with one attached hydrogen (secondary N) is 1. The summed E-state index contributed by atoms with van der Waals surface area (Å²) >= 11 is 0. The molecule has 1 heterocycles. The number of methoxy groups -OCH3 is 1. The summed E-state index contributed by atoms with van der Waals surface area (Å²) in [6.07, 6.45) is 0. The second-order valence-electron chi connectivity index (χ2n) is 3.75. The van der Waals surface area contributed by atoms with Crippen LogP contribution in [0.2, 0.25) is 0 Å². The highest BCUT2D eigenvalue weighted by Gasteiger charge is 2.15. The number of piperazine rings is 1. The zero-order valence-electron chi connectivity index (χ0n) is 9.23. The van der Waals surface area contributed by atoms with Crippen molar-refractivity contribution in [3.05, 3.63) is 12.1 Å². The van der Waals surface area contributed by atoms with E-state index in [-0.39, 0.29) is 11.5 Å². The lowest BCUT2D eigenvalue weighted by molar-refractivity contribution is 0.351.